The van der Waals surface area contributed by atoms with Gasteiger partial charge < -0.3 is 0 Å². The number of hydrogen-bond acceptors (Lipinski definition) is 0. The monoisotopic (exact) mass is 207 g/mol. The van der Waals surface area contributed by atoms with E-state index in [1.807, 2.05) is 17.8 Å². The van der Waals surface area contributed by atoms with Crippen LogP contribution in [0.2, 0.25) is 0 Å². The Labute approximate surface area is 93.7 Å². The van der Waals surface area contributed by atoms with E-state index in [-0.39, 0.29) is 0 Å². The van der Waals surface area contributed by atoms with Crippen LogP contribution < -0.4 is 0 Å². The van der Waals surface area contributed by atoms with Gasteiger partial charge in [-0.2, -0.15) is 0 Å². The lowest BCUT2D eigenvalue weighted by molar-refractivity contribution is 1.60. The lowest BCUT2D eigenvalue weighted by Crippen LogP contribution is -1.77. The fourth-order valence-electron chi connectivity index (χ4n) is 1.51. The lowest BCUT2D eigenvalue weighted by atomic mass is 10.0. The summed E-state index contributed by atoms with van der Waals surface area (Å²) in [6.45, 7) is 0. The molecule has 0 heterocycles. The number of rotatable bonds is 2. The van der Waals surface area contributed by atoms with E-state index in [2.05, 4.69) is 58.8 Å². The van der Waals surface area contributed by atoms with Crippen molar-refractivity contribution in [3.8, 4) is 11.1 Å². The average Bonchev–Trinajstić information content (AvgIpc) is 2.32. The van der Waals surface area contributed by atoms with E-state index in [1.165, 1.54) is 16.7 Å². The third-order valence-corrected chi connectivity index (χ3v) is 2.46. The summed E-state index contributed by atoms with van der Waals surface area (Å²) >= 11 is 0. The van der Waals surface area contributed by atoms with Crippen LogP contribution in [-0.4, -0.2) is 10.2 Å². The van der Waals surface area contributed by atoms with Crippen LogP contribution in [0.25, 0.3) is 17.2 Å². The zero-order valence-electron chi connectivity index (χ0n) is 8.35. The van der Waals surface area contributed by atoms with Gasteiger partial charge in [-0.25, -0.2) is 0 Å². The summed E-state index contributed by atoms with van der Waals surface area (Å²) in [5, 5.41) is 0. The molecule has 0 saturated heterocycles. The van der Waals surface area contributed by atoms with Crippen molar-refractivity contribution >= 4 is 16.3 Å². The molecule has 1 heteroatoms. The summed E-state index contributed by atoms with van der Waals surface area (Å²) in [5.74, 6) is 0. The molecule has 71 valence electrons. The Kier molecular flexibility index (Phi) is 3.15. The minimum Gasteiger partial charge on any atom is -0.101 e. The minimum absolute atomic E-state index is 1.20. The van der Waals surface area contributed by atoms with Crippen LogP contribution in [0.15, 0.2) is 60.3 Å². The summed E-state index contributed by atoms with van der Waals surface area (Å²) in [5.41, 5.74) is 5.56. The van der Waals surface area contributed by atoms with Crippen molar-refractivity contribution in [1.29, 1.82) is 0 Å². The quantitative estimate of drug-likeness (QED) is 0.661. The first-order valence-corrected chi connectivity index (χ1v) is 5.47. The van der Waals surface area contributed by atoms with Gasteiger partial charge in [0.2, 0.25) is 0 Å². The lowest BCUT2D eigenvalue weighted by Gasteiger charge is -2.01. The predicted molar refractivity (Wildman–Crippen MR) is 66.7 cm³/mol. The van der Waals surface area contributed by atoms with E-state index < -0.39 is 0 Å². The molecule has 15 heavy (non-hydrogen) atoms. The third kappa shape index (κ3) is 2.45. The predicted octanol–water partition coefficient (Wildman–Crippen LogP) is 3.49. The molecule has 0 aliphatic heterocycles. The maximum Gasteiger partial charge on any atom is 0.0601 e. The summed E-state index contributed by atoms with van der Waals surface area (Å²) in [6, 6.07) is 18.9. The highest BCUT2D eigenvalue weighted by molar-refractivity contribution is 6.19. The molecule has 0 nitrogen and oxygen atoms in total. The van der Waals surface area contributed by atoms with Crippen LogP contribution >= 0.6 is 0 Å². The van der Waals surface area contributed by atoms with Crippen LogP contribution in [0.5, 0.6) is 0 Å². The second kappa shape index (κ2) is 4.76. The molecule has 0 aliphatic rings. The Morgan fingerprint density at radius 2 is 1.33 bits per heavy atom. The fraction of sp³-hybridized carbons (Fsp3) is 0. The topological polar surface area (TPSA) is 0 Å². The molecule has 2 rings (SSSR count). The summed E-state index contributed by atoms with van der Waals surface area (Å²) < 4.78 is 0. The van der Waals surface area contributed by atoms with Gasteiger partial charge in [0, 0.05) is 0 Å². The van der Waals surface area contributed by atoms with Crippen LogP contribution in [0.1, 0.15) is 5.56 Å². The smallest absolute Gasteiger partial charge is 0.0601 e. The second-order valence-electron chi connectivity index (χ2n) is 3.32. The van der Waals surface area contributed by atoms with Crippen molar-refractivity contribution in [3.63, 3.8) is 0 Å². The van der Waals surface area contributed by atoms with Crippen molar-refractivity contribution in [2.45, 2.75) is 0 Å². The highest BCUT2D eigenvalue weighted by atomic mass is 28.1. The van der Waals surface area contributed by atoms with Crippen LogP contribution in [0.4, 0.5) is 0 Å². The first-order valence-electron chi connectivity index (χ1n) is 4.89. The van der Waals surface area contributed by atoms with Crippen LogP contribution in [0.3, 0.4) is 0 Å². The van der Waals surface area contributed by atoms with E-state index >= 15 is 0 Å². The molecule has 0 spiro atoms. The van der Waals surface area contributed by atoms with E-state index in [9.17, 15) is 0 Å². The van der Waals surface area contributed by atoms with Crippen molar-refractivity contribution in [3.05, 3.63) is 65.9 Å². The van der Waals surface area contributed by atoms with Gasteiger partial charge in [-0.15, -0.1) is 5.70 Å². The fourth-order valence-corrected chi connectivity index (χ4v) is 1.71. The van der Waals surface area contributed by atoms with E-state index in [0.29, 0.717) is 0 Å². The van der Waals surface area contributed by atoms with Crippen molar-refractivity contribution in [1.82, 2.24) is 0 Å². The molecule has 2 aromatic rings. The number of hydrogen-bond donors (Lipinski definition) is 0. The molecule has 0 saturated carbocycles. The zero-order valence-corrected chi connectivity index (χ0v) is 9.35. The standard InChI is InChI=1S/C14H11Si/c15-11-10-12-6-8-14(9-7-12)13-4-2-1-3-5-13/h1-11H. The van der Waals surface area contributed by atoms with Crippen LogP contribution in [0, 0.1) is 0 Å². The van der Waals surface area contributed by atoms with Crippen LogP contribution in [-0.2, 0) is 0 Å². The molecular formula is C14H11Si. The highest BCUT2D eigenvalue weighted by Crippen LogP contribution is 2.19. The second-order valence-corrected chi connectivity index (χ2v) is 3.65. The molecular weight excluding hydrogens is 196 g/mol. The zero-order chi connectivity index (χ0) is 10.5. The maximum atomic E-state index is 3.31. The first-order chi connectivity index (χ1) is 7.40. The molecule has 0 aliphatic carbocycles. The highest BCUT2D eigenvalue weighted by Gasteiger charge is 1.94. The molecule has 2 aromatic carbocycles. The van der Waals surface area contributed by atoms with Gasteiger partial charge in [-0.1, -0.05) is 60.7 Å². The Bertz CT molecular complexity index is 441. The van der Waals surface area contributed by atoms with Gasteiger partial charge in [0.25, 0.3) is 0 Å². The SMILES string of the molecule is [Si]C=Cc1ccc(-c2ccccc2)cc1. The maximum absolute atomic E-state index is 3.31. The largest absolute Gasteiger partial charge is 0.101 e. The summed E-state index contributed by atoms with van der Waals surface area (Å²) in [6.07, 6.45) is 2.02. The van der Waals surface area contributed by atoms with Gasteiger partial charge in [0.05, 0.1) is 10.2 Å². The molecule has 0 fully saturated rings. The van der Waals surface area contributed by atoms with Crippen molar-refractivity contribution < 1.29 is 0 Å². The average molecular weight is 207 g/mol. The van der Waals surface area contributed by atoms with Gasteiger partial charge in [0.1, 0.15) is 0 Å². The van der Waals surface area contributed by atoms with Gasteiger partial charge in [0.15, 0.2) is 0 Å². The first kappa shape index (κ1) is 9.93. The Morgan fingerprint density at radius 1 is 0.733 bits per heavy atom. The van der Waals surface area contributed by atoms with E-state index in [1.54, 1.807) is 0 Å². The number of benzene rings is 2. The Hall–Kier alpha value is -1.60. The Balaban J connectivity index is 2.32. The molecule has 0 amide bonds. The minimum atomic E-state index is 1.20. The van der Waals surface area contributed by atoms with E-state index in [4.69, 9.17) is 0 Å². The molecule has 0 unspecified atom stereocenters. The normalized spacial score (nSPS) is 10.7. The molecule has 0 bridgehead atoms. The van der Waals surface area contributed by atoms with Gasteiger partial charge >= 0.3 is 0 Å². The summed E-state index contributed by atoms with van der Waals surface area (Å²) in [7, 11) is 3.31. The molecule has 0 aromatic heterocycles. The third-order valence-electron chi connectivity index (χ3n) is 2.29. The van der Waals surface area contributed by atoms with Crippen molar-refractivity contribution in [2.75, 3.05) is 0 Å². The van der Waals surface area contributed by atoms with Crippen molar-refractivity contribution in [2.24, 2.45) is 0 Å². The molecule has 3 radical (unpaired) electrons. The summed E-state index contributed by atoms with van der Waals surface area (Å²) in [4.78, 5) is 0. The molecule has 0 atom stereocenters. The van der Waals surface area contributed by atoms with Gasteiger partial charge in [-0.05, 0) is 16.7 Å². The van der Waals surface area contributed by atoms with E-state index in [0.717, 1.165) is 0 Å². The van der Waals surface area contributed by atoms with Gasteiger partial charge in [-0.3, -0.25) is 0 Å². The Morgan fingerprint density at radius 3 is 1.93 bits per heavy atom. The molecule has 0 N–H and O–H groups in total.